The van der Waals surface area contributed by atoms with Gasteiger partial charge in [-0.05, 0) is 25.0 Å². The monoisotopic (exact) mass is 231 g/mol. The molecule has 1 rings (SSSR count). The van der Waals surface area contributed by atoms with Crippen LogP contribution < -0.4 is 10.5 Å². The summed E-state index contributed by atoms with van der Waals surface area (Å²) in [7, 11) is 0. The van der Waals surface area contributed by atoms with Crippen molar-refractivity contribution in [3.8, 4) is 5.75 Å². The predicted molar refractivity (Wildman–Crippen MR) is 63.6 cm³/mol. The van der Waals surface area contributed by atoms with Crippen molar-refractivity contribution >= 4 is 12.4 Å². The largest absolute Gasteiger partial charge is 0.494 e. The van der Waals surface area contributed by atoms with Crippen molar-refractivity contribution in [2.24, 2.45) is 5.73 Å². The van der Waals surface area contributed by atoms with Gasteiger partial charge in [-0.25, -0.2) is 0 Å². The van der Waals surface area contributed by atoms with Gasteiger partial charge < -0.3 is 15.6 Å². The van der Waals surface area contributed by atoms with Crippen molar-refractivity contribution in [2.75, 3.05) is 13.2 Å². The van der Waals surface area contributed by atoms with E-state index in [4.69, 9.17) is 15.6 Å². The molecular formula is C11H18ClNO2. The molecule has 1 unspecified atom stereocenters. The molecule has 0 aliphatic carbocycles. The van der Waals surface area contributed by atoms with Crippen LogP contribution in [0, 0.1) is 0 Å². The molecule has 1 aromatic carbocycles. The molecule has 4 heteroatoms. The minimum atomic E-state index is -0.211. The predicted octanol–water partition coefficient (Wildman–Crippen LogP) is 1.37. The van der Waals surface area contributed by atoms with Crippen molar-refractivity contribution in [2.45, 2.75) is 19.4 Å². The molecule has 3 N–H and O–H groups in total. The van der Waals surface area contributed by atoms with E-state index in [1.165, 1.54) is 0 Å². The fraction of sp³-hybridized carbons (Fsp3) is 0.455. The molecular weight excluding hydrogens is 214 g/mol. The fourth-order valence-corrected chi connectivity index (χ4v) is 1.32. The molecule has 15 heavy (non-hydrogen) atoms. The summed E-state index contributed by atoms with van der Waals surface area (Å²) in [5, 5.41) is 8.85. The van der Waals surface area contributed by atoms with Gasteiger partial charge in [0.05, 0.1) is 13.2 Å². The summed E-state index contributed by atoms with van der Waals surface area (Å²) >= 11 is 0. The number of hydrogen-bond donors (Lipinski definition) is 2. The quantitative estimate of drug-likeness (QED) is 0.805. The van der Waals surface area contributed by atoms with Crippen molar-refractivity contribution in [3.05, 3.63) is 29.8 Å². The average Bonchev–Trinajstić information content (AvgIpc) is 2.21. The Morgan fingerprint density at radius 1 is 1.40 bits per heavy atom. The highest BCUT2D eigenvalue weighted by Gasteiger charge is 2.06. The average molecular weight is 232 g/mol. The Bertz CT molecular complexity index is 281. The lowest BCUT2D eigenvalue weighted by atomic mass is 10.1. The van der Waals surface area contributed by atoms with E-state index < -0.39 is 0 Å². The van der Waals surface area contributed by atoms with Crippen molar-refractivity contribution in [1.29, 1.82) is 0 Å². The number of para-hydroxylation sites is 1. The van der Waals surface area contributed by atoms with E-state index in [2.05, 4.69) is 0 Å². The molecule has 0 bridgehead atoms. The van der Waals surface area contributed by atoms with Crippen LogP contribution >= 0.6 is 12.4 Å². The summed E-state index contributed by atoms with van der Waals surface area (Å²) in [4.78, 5) is 0. The first-order chi connectivity index (χ1) is 6.77. The molecule has 0 fully saturated rings. The summed E-state index contributed by atoms with van der Waals surface area (Å²) < 4.78 is 5.45. The number of ether oxygens (including phenoxy) is 1. The van der Waals surface area contributed by atoms with Gasteiger partial charge in [0.1, 0.15) is 5.75 Å². The maximum Gasteiger partial charge on any atom is 0.122 e. The first kappa shape index (κ1) is 14.2. The highest BCUT2D eigenvalue weighted by atomic mass is 35.5. The lowest BCUT2D eigenvalue weighted by Crippen LogP contribution is -2.27. The molecule has 3 nitrogen and oxygen atoms in total. The standard InChI is InChI=1S/C11H17NO2.ClH/c1-2-14-11-6-4-3-5-9(11)7-10(12)8-13;/h3-6,10,13H,2,7-8,12H2,1H3;1H. The van der Waals surface area contributed by atoms with Gasteiger partial charge in [0, 0.05) is 6.04 Å². The first-order valence-electron chi connectivity index (χ1n) is 4.85. The van der Waals surface area contributed by atoms with Gasteiger partial charge in [0.2, 0.25) is 0 Å². The number of benzene rings is 1. The van der Waals surface area contributed by atoms with Crippen LogP contribution in [0.25, 0.3) is 0 Å². The molecule has 0 heterocycles. The second-order valence-electron chi connectivity index (χ2n) is 3.19. The third-order valence-corrected chi connectivity index (χ3v) is 1.99. The third-order valence-electron chi connectivity index (χ3n) is 1.99. The van der Waals surface area contributed by atoms with Crippen LogP contribution in [-0.4, -0.2) is 24.4 Å². The van der Waals surface area contributed by atoms with Crippen LogP contribution in [0.5, 0.6) is 5.75 Å². The Morgan fingerprint density at radius 3 is 2.67 bits per heavy atom. The molecule has 86 valence electrons. The molecule has 0 saturated carbocycles. The van der Waals surface area contributed by atoms with E-state index >= 15 is 0 Å². The van der Waals surface area contributed by atoms with Crippen LogP contribution in [0.1, 0.15) is 12.5 Å². The lowest BCUT2D eigenvalue weighted by Gasteiger charge is -2.12. The molecule has 0 amide bonds. The van der Waals surface area contributed by atoms with E-state index in [0.717, 1.165) is 11.3 Å². The van der Waals surface area contributed by atoms with Gasteiger partial charge in [0.25, 0.3) is 0 Å². The van der Waals surface area contributed by atoms with Crippen LogP contribution in [0.2, 0.25) is 0 Å². The Morgan fingerprint density at radius 2 is 2.07 bits per heavy atom. The van der Waals surface area contributed by atoms with Gasteiger partial charge in [-0.1, -0.05) is 18.2 Å². The zero-order chi connectivity index (χ0) is 10.4. The minimum absolute atomic E-state index is 0. The number of halogens is 1. The smallest absolute Gasteiger partial charge is 0.122 e. The van der Waals surface area contributed by atoms with Crippen LogP contribution in [-0.2, 0) is 6.42 Å². The molecule has 0 aliphatic rings. The van der Waals surface area contributed by atoms with Crippen LogP contribution in [0.4, 0.5) is 0 Å². The summed E-state index contributed by atoms with van der Waals surface area (Å²) in [6, 6.07) is 7.56. The Balaban J connectivity index is 0.00000196. The lowest BCUT2D eigenvalue weighted by molar-refractivity contribution is 0.263. The molecule has 0 aromatic heterocycles. The minimum Gasteiger partial charge on any atom is -0.494 e. The van der Waals surface area contributed by atoms with E-state index in [-0.39, 0.29) is 25.1 Å². The molecule has 0 spiro atoms. The summed E-state index contributed by atoms with van der Waals surface area (Å²) in [6.07, 6.45) is 0.646. The molecule has 0 aliphatic heterocycles. The van der Waals surface area contributed by atoms with Crippen molar-refractivity contribution < 1.29 is 9.84 Å². The van der Waals surface area contributed by atoms with Gasteiger partial charge in [-0.2, -0.15) is 0 Å². The fourth-order valence-electron chi connectivity index (χ4n) is 1.32. The highest BCUT2D eigenvalue weighted by molar-refractivity contribution is 5.85. The maximum atomic E-state index is 8.85. The van der Waals surface area contributed by atoms with Crippen LogP contribution in [0.15, 0.2) is 24.3 Å². The van der Waals surface area contributed by atoms with Crippen molar-refractivity contribution in [3.63, 3.8) is 0 Å². The van der Waals surface area contributed by atoms with Crippen LogP contribution in [0.3, 0.4) is 0 Å². The number of aliphatic hydroxyl groups is 1. The topological polar surface area (TPSA) is 55.5 Å². The van der Waals surface area contributed by atoms with Crippen molar-refractivity contribution in [1.82, 2.24) is 0 Å². The number of hydrogen-bond acceptors (Lipinski definition) is 3. The van der Waals surface area contributed by atoms with Gasteiger partial charge in [0.15, 0.2) is 0 Å². The number of rotatable bonds is 5. The zero-order valence-electron chi connectivity index (χ0n) is 8.85. The molecule has 1 aromatic rings. The number of aliphatic hydroxyl groups excluding tert-OH is 1. The second kappa shape index (κ2) is 7.51. The van der Waals surface area contributed by atoms with E-state index in [9.17, 15) is 0 Å². The molecule has 1 atom stereocenters. The summed E-state index contributed by atoms with van der Waals surface area (Å²) in [5.41, 5.74) is 6.72. The normalized spacial score (nSPS) is 11.7. The van der Waals surface area contributed by atoms with E-state index in [1.54, 1.807) is 0 Å². The highest BCUT2D eigenvalue weighted by Crippen LogP contribution is 2.18. The molecule has 0 radical (unpaired) electrons. The maximum absolute atomic E-state index is 8.85. The van der Waals surface area contributed by atoms with E-state index in [1.807, 2.05) is 31.2 Å². The summed E-state index contributed by atoms with van der Waals surface area (Å²) in [5.74, 6) is 0.860. The zero-order valence-corrected chi connectivity index (χ0v) is 9.67. The number of nitrogens with two attached hydrogens (primary N) is 1. The third kappa shape index (κ3) is 4.51. The molecule has 0 saturated heterocycles. The summed E-state index contributed by atoms with van der Waals surface area (Å²) in [6.45, 7) is 2.59. The Kier molecular flexibility index (Phi) is 7.13. The van der Waals surface area contributed by atoms with Gasteiger partial charge in [-0.3, -0.25) is 0 Å². The van der Waals surface area contributed by atoms with E-state index in [0.29, 0.717) is 13.0 Å². The SMILES string of the molecule is CCOc1ccccc1CC(N)CO.Cl. The van der Waals surface area contributed by atoms with Gasteiger partial charge >= 0.3 is 0 Å². The Labute approximate surface area is 96.7 Å². The van der Waals surface area contributed by atoms with Gasteiger partial charge in [-0.15, -0.1) is 12.4 Å². The second-order valence-corrected chi connectivity index (χ2v) is 3.19. The Hall–Kier alpha value is -0.770. The first-order valence-corrected chi connectivity index (χ1v) is 4.85.